The molecule has 0 saturated heterocycles. The molecule has 9 heteroatoms. The van der Waals surface area contributed by atoms with Gasteiger partial charge in [-0.2, -0.15) is 4.31 Å². The molecule has 0 aliphatic heterocycles. The standard InChI is InChI=1S/C24H24Cl2N2O4S/c1-16-2-6-20(7-3-16)33(31,32)27(10-11-29)14-19(30)15-28-23-8-4-17(25)12-21(23)22-13-18(26)5-9-24(22)28/h2-9,12-13,19,29-30H,10-11,14-15H2,1H3/t19-/m1/s1. The van der Waals surface area contributed by atoms with Crippen molar-refractivity contribution in [2.75, 3.05) is 19.7 Å². The molecule has 0 aliphatic rings. The van der Waals surface area contributed by atoms with Gasteiger partial charge in [-0.3, -0.25) is 0 Å². The van der Waals surface area contributed by atoms with Gasteiger partial charge >= 0.3 is 0 Å². The molecule has 0 bridgehead atoms. The van der Waals surface area contributed by atoms with E-state index < -0.39 is 16.1 Å². The van der Waals surface area contributed by atoms with Crippen LogP contribution < -0.4 is 0 Å². The minimum absolute atomic E-state index is 0.119. The topological polar surface area (TPSA) is 82.8 Å². The van der Waals surface area contributed by atoms with Crippen LogP contribution in [0.3, 0.4) is 0 Å². The molecule has 0 amide bonds. The van der Waals surface area contributed by atoms with Crippen LogP contribution in [-0.2, 0) is 16.6 Å². The lowest BCUT2D eigenvalue weighted by molar-refractivity contribution is 0.123. The summed E-state index contributed by atoms with van der Waals surface area (Å²) in [6.07, 6.45) is -1.03. The highest BCUT2D eigenvalue weighted by Crippen LogP contribution is 2.33. The lowest BCUT2D eigenvalue weighted by atomic mass is 10.1. The monoisotopic (exact) mass is 506 g/mol. The molecule has 174 valence electrons. The van der Waals surface area contributed by atoms with Crippen molar-refractivity contribution in [1.82, 2.24) is 8.87 Å². The van der Waals surface area contributed by atoms with Gasteiger partial charge in [0.1, 0.15) is 0 Å². The third kappa shape index (κ3) is 4.89. The predicted molar refractivity (Wildman–Crippen MR) is 132 cm³/mol. The average Bonchev–Trinajstić information content (AvgIpc) is 3.05. The maximum atomic E-state index is 13.1. The summed E-state index contributed by atoms with van der Waals surface area (Å²) >= 11 is 12.4. The minimum Gasteiger partial charge on any atom is -0.395 e. The number of aliphatic hydroxyl groups excluding tert-OH is 2. The number of nitrogens with zero attached hydrogens (tertiary/aromatic N) is 2. The molecule has 33 heavy (non-hydrogen) atoms. The molecule has 0 spiro atoms. The number of aliphatic hydroxyl groups is 2. The summed E-state index contributed by atoms with van der Waals surface area (Å²) in [5.41, 5.74) is 2.64. The summed E-state index contributed by atoms with van der Waals surface area (Å²) in [6.45, 7) is 1.38. The van der Waals surface area contributed by atoms with Crippen molar-refractivity contribution in [3.05, 3.63) is 76.3 Å². The minimum atomic E-state index is -3.88. The number of sulfonamides is 1. The molecule has 6 nitrogen and oxygen atoms in total. The zero-order valence-electron chi connectivity index (χ0n) is 17.9. The Morgan fingerprint density at radius 2 is 1.48 bits per heavy atom. The van der Waals surface area contributed by atoms with Crippen molar-refractivity contribution in [2.45, 2.75) is 24.5 Å². The van der Waals surface area contributed by atoms with Gasteiger partial charge in [0.25, 0.3) is 0 Å². The smallest absolute Gasteiger partial charge is 0.243 e. The Morgan fingerprint density at radius 1 is 0.939 bits per heavy atom. The van der Waals surface area contributed by atoms with Crippen LogP contribution in [0.2, 0.25) is 10.0 Å². The second kappa shape index (κ2) is 9.62. The van der Waals surface area contributed by atoms with Gasteiger partial charge in [0.2, 0.25) is 10.0 Å². The lowest BCUT2D eigenvalue weighted by Gasteiger charge is -2.25. The Labute approximate surface area is 202 Å². The van der Waals surface area contributed by atoms with E-state index in [2.05, 4.69) is 0 Å². The molecular formula is C24H24Cl2N2O4S. The number of fused-ring (bicyclic) bond motifs is 3. The van der Waals surface area contributed by atoms with Gasteiger partial charge in [-0.25, -0.2) is 8.42 Å². The highest BCUT2D eigenvalue weighted by atomic mass is 35.5. The molecule has 0 fully saturated rings. The first-order valence-electron chi connectivity index (χ1n) is 10.4. The summed E-state index contributed by atoms with van der Waals surface area (Å²) in [5.74, 6) is 0. The van der Waals surface area contributed by atoms with Crippen LogP contribution in [0.5, 0.6) is 0 Å². The molecule has 4 aromatic rings. The Bertz CT molecular complexity index is 1340. The molecule has 1 atom stereocenters. The van der Waals surface area contributed by atoms with Gasteiger partial charge < -0.3 is 14.8 Å². The van der Waals surface area contributed by atoms with Crippen molar-refractivity contribution >= 4 is 55.0 Å². The van der Waals surface area contributed by atoms with Gasteiger partial charge in [-0.15, -0.1) is 0 Å². The van der Waals surface area contributed by atoms with E-state index in [1.807, 2.05) is 35.8 Å². The molecule has 0 aliphatic carbocycles. The van der Waals surface area contributed by atoms with Crippen LogP contribution in [0.25, 0.3) is 21.8 Å². The van der Waals surface area contributed by atoms with Crippen molar-refractivity contribution in [3.63, 3.8) is 0 Å². The normalized spacial score (nSPS) is 13.3. The molecular weight excluding hydrogens is 483 g/mol. The second-order valence-electron chi connectivity index (χ2n) is 7.99. The van der Waals surface area contributed by atoms with Crippen molar-refractivity contribution < 1.29 is 18.6 Å². The van der Waals surface area contributed by atoms with Crippen LogP contribution in [0.4, 0.5) is 0 Å². The fraction of sp³-hybridized carbons (Fsp3) is 0.250. The maximum Gasteiger partial charge on any atom is 0.243 e. The van der Waals surface area contributed by atoms with Crippen LogP contribution in [0.1, 0.15) is 5.56 Å². The number of benzene rings is 3. The highest BCUT2D eigenvalue weighted by molar-refractivity contribution is 7.89. The molecule has 1 aromatic heterocycles. The SMILES string of the molecule is Cc1ccc(S(=O)(=O)N(CCO)C[C@@H](O)Cn2c3ccc(Cl)cc3c3cc(Cl)ccc32)cc1. The van der Waals surface area contributed by atoms with E-state index in [0.717, 1.165) is 31.7 Å². The van der Waals surface area contributed by atoms with E-state index in [-0.39, 0.29) is 31.1 Å². The fourth-order valence-electron chi connectivity index (χ4n) is 4.03. The van der Waals surface area contributed by atoms with Gasteiger partial charge in [0.05, 0.1) is 24.2 Å². The summed E-state index contributed by atoms with van der Waals surface area (Å²) in [6, 6.07) is 17.5. The number of hydrogen-bond donors (Lipinski definition) is 2. The quantitative estimate of drug-likeness (QED) is 0.369. The third-order valence-corrected chi connectivity index (χ3v) is 7.95. The summed E-state index contributed by atoms with van der Waals surface area (Å²) in [5, 5.41) is 23.4. The maximum absolute atomic E-state index is 13.1. The van der Waals surface area contributed by atoms with Crippen molar-refractivity contribution in [1.29, 1.82) is 0 Å². The zero-order valence-corrected chi connectivity index (χ0v) is 20.3. The number of aryl methyl sites for hydroxylation is 1. The van der Waals surface area contributed by atoms with Crippen molar-refractivity contribution in [2.24, 2.45) is 0 Å². The number of aromatic nitrogens is 1. The summed E-state index contributed by atoms with van der Waals surface area (Å²) in [7, 11) is -3.88. The number of hydrogen-bond acceptors (Lipinski definition) is 4. The van der Waals surface area contributed by atoms with Crippen LogP contribution in [0.15, 0.2) is 65.6 Å². The Morgan fingerprint density at radius 3 is 2.00 bits per heavy atom. The largest absolute Gasteiger partial charge is 0.395 e. The molecule has 2 N–H and O–H groups in total. The van der Waals surface area contributed by atoms with Gasteiger partial charge in [0, 0.05) is 44.9 Å². The molecule has 3 aromatic carbocycles. The fourth-order valence-corrected chi connectivity index (χ4v) is 5.84. The number of rotatable bonds is 8. The van der Waals surface area contributed by atoms with Crippen LogP contribution in [-0.4, -0.2) is 53.3 Å². The van der Waals surface area contributed by atoms with E-state index in [0.29, 0.717) is 10.0 Å². The first-order chi connectivity index (χ1) is 15.7. The molecule has 0 saturated carbocycles. The Kier molecular flexibility index (Phi) is 7.00. The number of halogens is 2. The van der Waals surface area contributed by atoms with E-state index in [4.69, 9.17) is 23.2 Å². The third-order valence-electron chi connectivity index (χ3n) is 5.60. The molecule has 0 radical (unpaired) electrons. The molecule has 0 unspecified atom stereocenters. The average molecular weight is 507 g/mol. The van der Waals surface area contributed by atoms with Crippen molar-refractivity contribution in [3.8, 4) is 0 Å². The van der Waals surface area contributed by atoms with E-state index in [1.54, 1.807) is 24.3 Å². The highest BCUT2D eigenvalue weighted by Gasteiger charge is 2.27. The Hall–Kier alpha value is -2.13. The summed E-state index contributed by atoms with van der Waals surface area (Å²) in [4.78, 5) is 0.120. The summed E-state index contributed by atoms with van der Waals surface area (Å²) < 4.78 is 29.3. The van der Waals surface area contributed by atoms with E-state index in [1.165, 1.54) is 12.1 Å². The molecule has 4 rings (SSSR count). The lowest BCUT2D eigenvalue weighted by Crippen LogP contribution is -2.40. The second-order valence-corrected chi connectivity index (χ2v) is 10.8. The van der Waals surface area contributed by atoms with Gasteiger partial charge in [-0.05, 0) is 55.5 Å². The molecule has 1 heterocycles. The van der Waals surface area contributed by atoms with Crippen LogP contribution >= 0.6 is 23.2 Å². The van der Waals surface area contributed by atoms with E-state index >= 15 is 0 Å². The first-order valence-corrected chi connectivity index (χ1v) is 12.6. The van der Waals surface area contributed by atoms with Gasteiger partial charge in [-0.1, -0.05) is 40.9 Å². The van der Waals surface area contributed by atoms with Gasteiger partial charge in [0.15, 0.2) is 0 Å². The van der Waals surface area contributed by atoms with Crippen LogP contribution in [0, 0.1) is 6.92 Å². The predicted octanol–water partition coefficient (Wildman–Crippen LogP) is 4.45. The zero-order chi connectivity index (χ0) is 23.8. The Balaban J connectivity index is 1.67. The first kappa shape index (κ1) is 24.0. The van der Waals surface area contributed by atoms with E-state index in [9.17, 15) is 18.6 Å².